The van der Waals surface area contributed by atoms with E-state index in [9.17, 15) is 10.1 Å². The summed E-state index contributed by atoms with van der Waals surface area (Å²) in [7, 11) is 0. The summed E-state index contributed by atoms with van der Waals surface area (Å²) in [6, 6.07) is 6.77. The van der Waals surface area contributed by atoms with Gasteiger partial charge in [0.1, 0.15) is 6.10 Å². The second-order valence-electron chi connectivity index (χ2n) is 6.46. The lowest BCUT2D eigenvalue weighted by Gasteiger charge is -2.34. The number of benzene rings is 1. The molecule has 1 aliphatic carbocycles. The van der Waals surface area contributed by atoms with Crippen molar-refractivity contribution >= 4 is 5.69 Å². The number of nitro groups is 1. The Morgan fingerprint density at radius 1 is 1.14 bits per heavy atom. The van der Waals surface area contributed by atoms with Gasteiger partial charge in [0, 0.05) is 18.5 Å². The lowest BCUT2D eigenvalue weighted by Crippen LogP contribution is -2.37. The molecule has 0 spiro atoms. The second-order valence-corrected chi connectivity index (χ2v) is 6.46. The fourth-order valence-corrected chi connectivity index (χ4v) is 3.85. The molecular formula is C17H24N2O3. The molecule has 1 aliphatic heterocycles. The first-order valence-corrected chi connectivity index (χ1v) is 8.36. The monoisotopic (exact) mass is 304 g/mol. The molecule has 2 aliphatic rings. The van der Waals surface area contributed by atoms with Gasteiger partial charge < -0.3 is 10.1 Å². The van der Waals surface area contributed by atoms with Gasteiger partial charge >= 0.3 is 5.69 Å². The average Bonchev–Trinajstić information content (AvgIpc) is 3.08. The molecule has 2 atom stereocenters. The van der Waals surface area contributed by atoms with Crippen molar-refractivity contribution < 1.29 is 9.66 Å². The SMILES string of the molecule is O=[N+]([O-])c1ccccc1O[C@H](C1CCCCC1)C1CCNC1. The van der Waals surface area contributed by atoms with Gasteiger partial charge in [0.15, 0.2) is 5.75 Å². The second kappa shape index (κ2) is 7.09. The quantitative estimate of drug-likeness (QED) is 0.667. The molecule has 1 aromatic rings. The molecule has 1 heterocycles. The summed E-state index contributed by atoms with van der Waals surface area (Å²) in [5.74, 6) is 1.41. The van der Waals surface area contributed by atoms with E-state index in [1.807, 2.05) is 6.07 Å². The lowest BCUT2D eigenvalue weighted by atomic mass is 9.80. The molecular weight excluding hydrogens is 280 g/mol. The molecule has 1 unspecified atom stereocenters. The summed E-state index contributed by atoms with van der Waals surface area (Å²) in [4.78, 5) is 10.9. The van der Waals surface area contributed by atoms with Crippen molar-refractivity contribution in [2.24, 2.45) is 11.8 Å². The van der Waals surface area contributed by atoms with Gasteiger partial charge in [-0.3, -0.25) is 10.1 Å². The molecule has 1 N–H and O–H groups in total. The van der Waals surface area contributed by atoms with E-state index in [1.165, 1.54) is 38.2 Å². The van der Waals surface area contributed by atoms with Crippen molar-refractivity contribution in [2.75, 3.05) is 13.1 Å². The molecule has 1 aromatic carbocycles. The zero-order valence-corrected chi connectivity index (χ0v) is 12.9. The molecule has 1 saturated carbocycles. The van der Waals surface area contributed by atoms with Gasteiger partial charge in [-0.15, -0.1) is 0 Å². The van der Waals surface area contributed by atoms with Crippen molar-refractivity contribution in [1.82, 2.24) is 5.32 Å². The number of hydrogen-bond acceptors (Lipinski definition) is 4. The number of rotatable bonds is 5. The van der Waals surface area contributed by atoms with Gasteiger partial charge in [-0.25, -0.2) is 0 Å². The van der Waals surface area contributed by atoms with E-state index >= 15 is 0 Å². The normalized spacial score (nSPS) is 24.1. The average molecular weight is 304 g/mol. The molecule has 3 rings (SSSR count). The molecule has 0 radical (unpaired) electrons. The van der Waals surface area contributed by atoms with Crippen LogP contribution in [0.15, 0.2) is 24.3 Å². The summed E-state index contributed by atoms with van der Waals surface area (Å²) >= 11 is 0. The number of nitrogens with zero attached hydrogens (tertiary/aromatic N) is 1. The molecule has 22 heavy (non-hydrogen) atoms. The van der Waals surface area contributed by atoms with E-state index in [-0.39, 0.29) is 16.7 Å². The lowest BCUT2D eigenvalue weighted by molar-refractivity contribution is -0.386. The Bertz CT molecular complexity index is 508. The predicted octanol–water partition coefficient (Wildman–Crippen LogP) is 3.53. The first kappa shape index (κ1) is 15.3. The van der Waals surface area contributed by atoms with Crippen molar-refractivity contribution in [3.05, 3.63) is 34.4 Å². The Labute approximate surface area is 131 Å². The van der Waals surface area contributed by atoms with Crippen LogP contribution < -0.4 is 10.1 Å². The van der Waals surface area contributed by atoms with Crippen LogP contribution in [0.5, 0.6) is 5.75 Å². The summed E-state index contributed by atoms with van der Waals surface area (Å²) in [6.45, 7) is 1.98. The molecule has 0 bridgehead atoms. The number of hydrogen-bond donors (Lipinski definition) is 1. The topological polar surface area (TPSA) is 64.4 Å². The third-order valence-corrected chi connectivity index (χ3v) is 5.00. The zero-order chi connectivity index (χ0) is 15.4. The fraction of sp³-hybridized carbons (Fsp3) is 0.647. The zero-order valence-electron chi connectivity index (χ0n) is 12.9. The van der Waals surface area contributed by atoms with Crippen LogP contribution in [0, 0.1) is 22.0 Å². The van der Waals surface area contributed by atoms with E-state index in [0.717, 1.165) is 19.5 Å². The van der Waals surface area contributed by atoms with Crippen LogP contribution in [0.1, 0.15) is 38.5 Å². The van der Waals surface area contributed by atoms with Crippen LogP contribution in [0.4, 0.5) is 5.69 Å². The Balaban J connectivity index is 1.81. The van der Waals surface area contributed by atoms with E-state index in [1.54, 1.807) is 12.1 Å². The molecule has 0 aromatic heterocycles. The van der Waals surface area contributed by atoms with Crippen LogP contribution in [0.25, 0.3) is 0 Å². The Kier molecular flexibility index (Phi) is 4.93. The standard InChI is InChI=1S/C17H24N2O3/c20-19(21)15-8-4-5-9-16(15)22-17(14-10-11-18-12-14)13-6-2-1-3-7-13/h4-5,8-9,13-14,17-18H,1-3,6-7,10-12H2/t14?,17-/m1/s1. The maximum atomic E-state index is 11.2. The van der Waals surface area contributed by atoms with Gasteiger partial charge in [0.05, 0.1) is 4.92 Å². The summed E-state index contributed by atoms with van der Waals surface area (Å²) < 4.78 is 6.25. The highest BCUT2D eigenvalue weighted by Gasteiger charge is 2.35. The molecule has 5 nitrogen and oxygen atoms in total. The van der Waals surface area contributed by atoms with Crippen LogP contribution in [-0.4, -0.2) is 24.1 Å². The highest BCUT2D eigenvalue weighted by Crippen LogP contribution is 2.36. The number of ether oxygens (including phenoxy) is 1. The first-order chi connectivity index (χ1) is 10.8. The van der Waals surface area contributed by atoms with E-state index < -0.39 is 0 Å². The van der Waals surface area contributed by atoms with Gasteiger partial charge in [-0.2, -0.15) is 0 Å². The summed E-state index contributed by atoms with van der Waals surface area (Å²) in [6.07, 6.45) is 7.36. The minimum atomic E-state index is -0.347. The van der Waals surface area contributed by atoms with Gasteiger partial charge in [0.25, 0.3) is 0 Å². The van der Waals surface area contributed by atoms with Crippen molar-refractivity contribution in [2.45, 2.75) is 44.6 Å². The van der Waals surface area contributed by atoms with Gasteiger partial charge in [0.2, 0.25) is 0 Å². The minimum Gasteiger partial charge on any atom is -0.483 e. The largest absolute Gasteiger partial charge is 0.483 e. The Morgan fingerprint density at radius 2 is 1.91 bits per heavy atom. The molecule has 5 heteroatoms. The highest BCUT2D eigenvalue weighted by molar-refractivity contribution is 5.45. The number of para-hydroxylation sites is 2. The number of nitrogens with one attached hydrogen (secondary N) is 1. The van der Waals surface area contributed by atoms with E-state index in [4.69, 9.17) is 4.74 Å². The summed E-state index contributed by atoms with van der Waals surface area (Å²) in [5, 5.41) is 14.6. The predicted molar refractivity (Wildman–Crippen MR) is 85.1 cm³/mol. The third kappa shape index (κ3) is 3.40. The van der Waals surface area contributed by atoms with Crippen molar-refractivity contribution in [1.29, 1.82) is 0 Å². The van der Waals surface area contributed by atoms with Crippen molar-refractivity contribution in [3.8, 4) is 5.75 Å². The van der Waals surface area contributed by atoms with E-state index in [0.29, 0.717) is 17.6 Å². The fourth-order valence-electron chi connectivity index (χ4n) is 3.85. The Morgan fingerprint density at radius 3 is 2.59 bits per heavy atom. The number of nitro benzene ring substituents is 1. The smallest absolute Gasteiger partial charge is 0.310 e. The van der Waals surface area contributed by atoms with Gasteiger partial charge in [-0.1, -0.05) is 31.4 Å². The Hall–Kier alpha value is -1.62. The third-order valence-electron chi connectivity index (χ3n) is 5.00. The maximum absolute atomic E-state index is 11.2. The van der Waals surface area contributed by atoms with Crippen LogP contribution >= 0.6 is 0 Å². The van der Waals surface area contributed by atoms with E-state index in [2.05, 4.69) is 5.32 Å². The molecule has 2 fully saturated rings. The molecule has 1 saturated heterocycles. The summed E-state index contributed by atoms with van der Waals surface area (Å²) in [5.41, 5.74) is 0.0780. The molecule has 0 amide bonds. The highest BCUT2D eigenvalue weighted by atomic mass is 16.6. The van der Waals surface area contributed by atoms with Crippen LogP contribution in [0.3, 0.4) is 0 Å². The van der Waals surface area contributed by atoms with Gasteiger partial charge in [-0.05, 0) is 37.8 Å². The maximum Gasteiger partial charge on any atom is 0.310 e. The van der Waals surface area contributed by atoms with Crippen LogP contribution in [-0.2, 0) is 0 Å². The van der Waals surface area contributed by atoms with Crippen molar-refractivity contribution in [3.63, 3.8) is 0 Å². The van der Waals surface area contributed by atoms with Crippen LogP contribution in [0.2, 0.25) is 0 Å². The minimum absolute atomic E-state index is 0.0780. The molecule has 120 valence electrons. The first-order valence-electron chi connectivity index (χ1n) is 8.36.